The highest BCUT2D eigenvalue weighted by Crippen LogP contribution is 2.24. The van der Waals surface area contributed by atoms with Gasteiger partial charge in [0, 0.05) is 0 Å². The summed E-state index contributed by atoms with van der Waals surface area (Å²) in [5.41, 5.74) is 0. The van der Waals surface area contributed by atoms with Crippen LogP contribution in [0.4, 0.5) is 0 Å². The summed E-state index contributed by atoms with van der Waals surface area (Å²) >= 11 is 0. The maximum atomic E-state index is 12.8. The van der Waals surface area contributed by atoms with Gasteiger partial charge in [0.2, 0.25) is 9.84 Å². The van der Waals surface area contributed by atoms with Gasteiger partial charge in [-0.2, -0.15) is 0 Å². The zero-order valence-corrected chi connectivity index (χ0v) is 24.4. The van der Waals surface area contributed by atoms with E-state index < -0.39 is 41.7 Å². The van der Waals surface area contributed by atoms with Gasteiger partial charge in [-0.3, -0.25) is 0 Å². The van der Waals surface area contributed by atoms with Gasteiger partial charge in [0.05, 0.1) is 12.0 Å². The van der Waals surface area contributed by atoms with Crippen LogP contribution in [-0.4, -0.2) is 47.4 Å². The summed E-state index contributed by atoms with van der Waals surface area (Å²) in [6.07, 6.45) is 7.49. The molecule has 0 aliphatic heterocycles. The number of unbranched alkanes of at least 4 members (excludes halogenated alkanes) is 2. The molecule has 1 rings (SSSR count). The number of benzene rings is 1. The minimum Gasteiger partial charge on any atom is -0.465 e. The van der Waals surface area contributed by atoms with E-state index in [2.05, 4.69) is 44.0 Å². The van der Waals surface area contributed by atoms with Crippen molar-refractivity contribution in [1.29, 1.82) is 0 Å². The van der Waals surface area contributed by atoms with Crippen LogP contribution in [0.25, 0.3) is 0 Å². The Morgan fingerprint density at radius 1 is 1.06 bits per heavy atom. The first-order valence-corrected chi connectivity index (χ1v) is 21.1. The fraction of sp³-hybridized carbons (Fsp3) is 0.500. The van der Waals surface area contributed by atoms with Crippen molar-refractivity contribution >= 4 is 41.7 Å². The third kappa shape index (κ3) is 10.1. The average molecular weight is 515 g/mol. The molecule has 180 valence electrons. The number of carbonyl (C=O) groups is 1. The Hall–Kier alpha value is -1.31. The summed E-state index contributed by atoms with van der Waals surface area (Å²) in [5.74, 6) is -0.876. The van der Waals surface area contributed by atoms with Gasteiger partial charge in [-0.1, -0.05) is 36.8 Å². The van der Waals surface area contributed by atoms with E-state index in [0.29, 0.717) is 0 Å². The van der Waals surface area contributed by atoms with Crippen LogP contribution in [0.5, 0.6) is 0 Å². The number of rotatable bonds is 13. The molecule has 0 aromatic heterocycles. The Balaban J connectivity index is 2.76. The van der Waals surface area contributed by atoms with E-state index in [4.69, 9.17) is 8.23 Å². The van der Waals surface area contributed by atoms with Crippen molar-refractivity contribution < 1.29 is 26.2 Å². The van der Waals surface area contributed by atoms with Crippen LogP contribution < -0.4 is 0 Å². The highest BCUT2D eigenvalue weighted by molar-refractivity contribution is 7.96. The van der Waals surface area contributed by atoms with Crippen LogP contribution in [0.3, 0.4) is 0 Å². The van der Waals surface area contributed by atoms with Crippen molar-refractivity contribution in [1.82, 2.24) is 0 Å². The molecular formula is C22H38O6SSi3. The van der Waals surface area contributed by atoms with E-state index in [9.17, 15) is 13.2 Å². The standard InChI is InChI=1S/C22H38O6SSi3/c1-26-22(23)21(29(24,25)20-16-12-11-13-17-20)18-14-9-8-10-15-19-32(7,27-30(2)3)28-31(4,5)6/h9,11-14,16-18,30H,8,10,15,19H2,1-7H3/b14-9+,21-18+. The Bertz CT molecular complexity index is 892. The number of sulfone groups is 1. The number of allylic oxidation sites excluding steroid dienone is 3. The number of hydrogen-bond donors (Lipinski definition) is 0. The highest BCUT2D eigenvalue weighted by Gasteiger charge is 2.36. The molecule has 1 atom stereocenters. The molecule has 0 spiro atoms. The van der Waals surface area contributed by atoms with E-state index in [1.54, 1.807) is 24.3 Å². The monoisotopic (exact) mass is 514 g/mol. The van der Waals surface area contributed by atoms with Crippen molar-refractivity contribution in [2.75, 3.05) is 7.11 Å². The lowest BCUT2D eigenvalue weighted by Gasteiger charge is -2.35. The lowest BCUT2D eigenvalue weighted by molar-refractivity contribution is -0.135. The van der Waals surface area contributed by atoms with Crippen LogP contribution in [0.15, 0.2) is 58.4 Å². The molecule has 1 aromatic carbocycles. The number of esters is 1. The predicted molar refractivity (Wildman–Crippen MR) is 138 cm³/mol. The van der Waals surface area contributed by atoms with E-state index >= 15 is 0 Å². The minimum absolute atomic E-state index is 0.0606. The summed E-state index contributed by atoms with van der Waals surface area (Å²) < 4.78 is 43.1. The summed E-state index contributed by atoms with van der Waals surface area (Å²) in [6.45, 7) is 13.1. The van der Waals surface area contributed by atoms with E-state index in [1.807, 2.05) is 6.08 Å². The fourth-order valence-corrected chi connectivity index (χ4v) is 16.2. The normalized spacial score (nSPS) is 15.2. The lowest BCUT2D eigenvalue weighted by atomic mass is 10.2. The molecule has 0 radical (unpaired) electrons. The van der Waals surface area contributed by atoms with E-state index in [0.717, 1.165) is 25.3 Å². The molecule has 0 N–H and O–H groups in total. The highest BCUT2D eigenvalue weighted by atomic mass is 32.2. The molecular weight excluding hydrogens is 477 g/mol. The first-order valence-electron chi connectivity index (χ1n) is 10.9. The summed E-state index contributed by atoms with van der Waals surface area (Å²) in [6, 6.07) is 8.82. The minimum atomic E-state index is -3.94. The van der Waals surface area contributed by atoms with Crippen LogP contribution in [0.1, 0.15) is 19.3 Å². The fourth-order valence-electron chi connectivity index (χ4n) is 3.33. The van der Waals surface area contributed by atoms with Crippen molar-refractivity contribution in [3.8, 4) is 0 Å². The number of hydrogen-bond acceptors (Lipinski definition) is 6. The van der Waals surface area contributed by atoms with Gasteiger partial charge in [-0.15, -0.1) is 0 Å². The molecule has 0 fully saturated rings. The van der Waals surface area contributed by atoms with E-state index in [1.165, 1.54) is 25.3 Å². The van der Waals surface area contributed by atoms with Gasteiger partial charge in [0.1, 0.15) is 0 Å². The smallest absolute Gasteiger partial charge is 0.349 e. The first kappa shape index (κ1) is 28.7. The Morgan fingerprint density at radius 3 is 2.22 bits per heavy atom. The summed E-state index contributed by atoms with van der Waals surface area (Å²) in [4.78, 5) is 11.8. The van der Waals surface area contributed by atoms with Gasteiger partial charge in [-0.25, -0.2) is 13.2 Å². The van der Waals surface area contributed by atoms with E-state index in [-0.39, 0.29) is 9.80 Å². The van der Waals surface area contributed by atoms with Crippen LogP contribution in [0.2, 0.25) is 45.3 Å². The van der Waals surface area contributed by atoms with Gasteiger partial charge in [0.25, 0.3) is 0 Å². The average Bonchev–Trinajstić information content (AvgIpc) is 2.67. The summed E-state index contributed by atoms with van der Waals surface area (Å²) in [7, 11) is -7.80. The number of ether oxygens (including phenoxy) is 1. The second-order valence-electron chi connectivity index (χ2n) is 9.03. The van der Waals surface area contributed by atoms with Crippen molar-refractivity contribution in [3.05, 3.63) is 53.5 Å². The van der Waals surface area contributed by atoms with Crippen molar-refractivity contribution in [3.63, 3.8) is 0 Å². The number of carbonyl (C=O) groups excluding carboxylic acids is 1. The van der Waals surface area contributed by atoms with Gasteiger partial charge < -0.3 is 13.0 Å². The zero-order valence-electron chi connectivity index (χ0n) is 20.4. The molecule has 6 nitrogen and oxygen atoms in total. The van der Waals surface area contributed by atoms with Crippen LogP contribution in [0, 0.1) is 0 Å². The largest absolute Gasteiger partial charge is 0.465 e. The molecule has 0 aliphatic rings. The molecule has 1 unspecified atom stereocenters. The summed E-state index contributed by atoms with van der Waals surface area (Å²) in [5, 5.41) is 0. The molecule has 0 aliphatic carbocycles. The SMILES string of the molecule is COC(=O)/C(=C\C=C\CCCC[Si](C)(O[SiH](C)C)O[Si](C)(C)C)S(=O)(=O)c1ccccc1. The van der Waals surface area contributed by atoms with Crippen LogP contribution >= 0.6 is 0 Å². The lowest BCUT2D eigenvalue weighted by Crippen LogP contribution is -2.49. The van der Waals surface area contributed by atoms with Crippen LogP contribution in [-0.2, 0) is 27.6 Å². The Labute approximate surface area is 197 Å². The molecule has 32 heavy (non-hydrogen) atoms. The molecule has 0 saturated carbocycles. The first-order chi connectivity index (χ1) is 14.8. The predicted octanol–water partition coefficient (Wildman–Crippen LogP) is 5.17. The quantitative estimate of drug-likeness (QED) is 0.119. The second-order valence-corrected chi connectivity index (χ2v) is 21.8. The van der Waals surface area contributed by atoms with Gasteiger partial charge in [-0.05, 0) is 76.4 Å². The molecule has 1 aromatic rings. The Morgan fingerprint density at radius 2 is 1.69 bits per heavy atom. The zero-order chi connectivity index (χ0) is 24.4. The van der Waals surface area contributed by atoms with Gasteiger partial charge >= 0.3 is 14.5 Å². The molecule has 10 heteroatoms. The van der Waals surface area contributed by atoms with Gasteiger partial charge in [0.15, 0.2) is 22.3 Å². The maximum absolute atomic E-state index is 12.8. The second kappa shape index (κ2) is 12.8. The maximum Gasteiger partial charge on any atom is 0.349 e. The Kier molecular flexibility index (Phi) is 11.5. The van der Waals surface area contributed by atoms with Crippen molar-refractivity contribution in [2.24, 2.45) is 0 Å². The van der Waals surface area contributed by atoms with Crippen molar-refractivity contribution in [2.45, 2.75) is 69.5 Å². The molecule has 0 bridgehead atoms. The molecule has 0 heterocycles. The molecule has 0 saturated heterocycles. The topological polar surface area (TPSA) is 78.9 Å². The third-order valence-electron chi connectivity index (χ3n) is 4.37. The number of methoxy groups -OCH3 is 1. The molecule has 0 amide bonds. The third-order valence-corrected chi connectivity index (χ3v) is 15.5.